The van der Waals surface area contributed by atoms with Gasteiger partial charge in [0.05, 0.1) is 10.9 Å². The molecule has 0 radical (unpaired) electrons. The van der Waals surface area contributed by atoms with E-state index < -0.39 is 0 Å². The first-order chi connectivity index (χ1) is 8.22. The number of hydrogen-bond donors (Lipinski definition) is 0. The predicted molar refractivity (Wildman–Crippen MR) is 68.9 cm³/mol. The summed E-state index contributed by atoms with van der Waals surface area (Å²) in [7, 11) is 2.07. The monoisotopic (exact) mass is 251 g/mol. The van der Waals surface area contributed by atoms with Crippen molar-refractivity contribution in [2.45, 2.75) is 26.3 Å². The molecule has 0 aliphatic heterocycles. The highest BCUT2D eigenvalue weighted by Gasteiger charge is 2.18. The van der Waals surface area contributed by atoms with Crippen LogP contribution in [0.2, 0.25) is 0 Å². The van der Waals surface area contributed by atoms with Crippen LogP contribution >= 0.6 is 11.3 Å². The third-order valence-electron chi connectivity index (χ3n) is 2.77. The Morgan fingerprint density at radius 3 is 2.94 bits per heavy atom. The van der Waals surface area contributed by atoms with Crippen LogP contribution in [-0.2, 0) is 0 Å². The first kappa shape index (κ1) is 12.3. The lowest BCUT2D eigenvalue weighted by atomic mass is 10.3. The molecule has 1 atom stereocenters. The average Bonchev–Trinajstić information content (AvgIpc) is 2.98. The van der Waals surface area contributed by atoms with Gasteiger partial charge >= 0.3 is 0 Å². The number of thiophene rings is 1. The van der Waals surface area contributed by atoms with Gasteiger partial charge in [-0.1, -0.05) is 13.0 Å². The van der Waals surface area contributed by atoms with Gasteiger partial charge in [-0.05, 0) is 38.4 Å². The average molecular weight is 251 g/mol. The van der Waals surface area contributed by atoms with E-state index in [9.17, 15) is 0 Å². The van der Waals surface area contributed by atoms with Gasteiger partial charge in [0.25, 0.3) is 5.89 Å². The van der Waals surface area contributed by atoms with Crippen molar-refractivity contribution in [3.05, 3.63) is 23.4 Å². The van der Waals surface area contributed by atoms with Crippen molar-refractivity contribution in [3.63, 3.8) is 0 Å². The topological polar surface area (TPSA) is 42.2 Å². The lowest BCUT2D eigenvalue weighted by Crippen LogP contribution is -2.23. The van der Waals surface area contributed by atoms with E-state index in [1.807, 2.05) is 17.5 Å². The van der Waals surface area contributed by atoms with Crippen LogP contribution < -0.4 is 0 Å². The van der Waals surface area contributed by atoms with Crippen LogP contribution in [0.4, 0.5) is 0 Å². The third-order valence-corrected chi connectivity index (χ3v) is 3.63. The molecule has 92 valence electrons. The van der Waals surface area contributed by atoms with E-state index >= 15 is 0 Å². The second-order valence-corrected chi connectivity index (χ2v) is 5.03. The molecule has 0 fully saturated rings. The molecule has 2 heterocycles. The zero-order valence-corrected chi connectivity index (χ0v) is 11.2. The molecule has 5 heteroatoms. The molecule has 0 bridgehead atoms. The second kappa shape index (κ2) is 5.42. The molecule has 2 rings (SSSR count). The molecule has 17 heavy (non-hydrogen) atoms. The molecule has 0 spiro atoms. The van der Waals surface area contributed by atoms with Gasteiger partial charge in [-0.2, -0.15) is 0 Å². The van der Waals surface area contributed by atoms with Crippen molar-refractivity contribution in [1.29, 1.82) is 0 Å². The van der Waals surface area contributed by atoms with E-state index in [-0.39, 0.29) is 6.04 Å². The highest BCUT2D eigenvalue weighted by molar-refractivity contribution is 7.13. The maximum Gasteiger partial charge on any atom is 0.257 e. The lowest BCUT2D eigenvalue weighted by molar-refractivity contribution is 0.226. The van der Waals surface area contributed by atoms with E-state index in [0.29, 0.717) is 11.8 Å². The Bertz CT molecular complexity index is 452. The van der Waals surface area contributed by atoms with E-state index in [4.69, 9.17) is 4.42 Å². The van der Waals surface area contributed by atoms with Crippen LogP contribution in [0.1, 0.15) is 32.2 Å². The Hall–Kier alpha value is -1.20. The maximum atomic E-state index is 5.70. The van der Waals surface area contributed by atoms with Gasteiger partial charge in [-0.15, -0.1) is 21.5 Å². The smallest absolute Gasteiger partial charge is 0.257 e. The largest absolute Gasteiger partial charge is 0.418 e. The Balaban J connectivity index is 2.13. The quantitative estimate of drug-likeness (QED) is 0.818. The van der Waals surface area contributed by atoms with Crippen molar-refractivity contribution in [2.24, 2.45) is 0 Å². The summed E-state index contributed by atoms with van der Waals surface area (Å²) in [6.45, 7) is 5.27. The summed E-state index contributed by atoms with van der Waals surface area (Å²) in [5.74, 6) is 1.30. The molecule has 0 unspecified atom stereocenters. The zero-order valence-electron chi connectivity index (χ0n) is 10.4. The first-order valence-corrected chi connectivity index (χ1v) is 6.68. The fourth-order valence-electron chi connectivity index (χ4n) is 1.64. The van der Waals surface area contributed by atoms with E-state index in [1.54, 1.807) is 11.3 Å². The minimum Gasteiger partial charge on any atom is -0.418 e. The van der Waals surface area contributed by atoms with Crippen molar-refractivity contribution in [1.82, 2.24) is 15.1 Å². The summed E-state index contributed by atoms with van der Waals surface area (Å²) in [4.78, 5) is 3.24. The van der Waals surface area contributed by atoms with Crippen LogP contribution in [0.5, 0.6) is 0 Å². The molecular weight excluding hydrogens is 234 g/mol. The van der Waals surface area contributed by atoms with Gasteiger partial charge in [0, 0.05) is 0 Å². The van der Waals surface area contributed by atoms with Crippen molar-refractivity contribution in [2.75, 3.05) is 13.6 Å². The number of rotatable bonds is 5. The summed E-state index contributed by atoms with van der Waals surface area (Å²) in [6, 6.07) is 4.13. The first-order valence-electron chi connectivity index (χ1n) is 5.80. The van der Waals surface area contributed by atoms with Crippen molar-refractivity contribution in [3.8, 4) is 10.8 Å². The molecular formula is C12H17N3OS. The van der Waals surface area contributed by atoms with Crippen LogP contribution in [0.25, 0.3) is 10.8 Å². The summed E-state index contributed by atoms with van der Waals surface area (Å²) >= 11 is 1.61. The molecule has 0 aliphatic rings. The van der Waals surface area contributed by atoms with Gasteiger partial charge < -0.3 is 4.42 Å². The normalized spacial score (nSPS) is 13.2. The maximum absolute atomic E-state index is 5.70. The standard InChI is InChI=1S/C12H17N3OS/c1-4-7-15(3)9(2)11-13-14-12(16-11)10-6-5-8-17-10/h5-6,8-9H,4,7H2,1-3H3/t9-/m1/s1. The molecule has 0 aromatic carbocycles. The van der Waals surface area contributed by atoms with Crippen LogP contribution in [0.15, 0.2) is 21.9 Å². The predicted octanol–water partition coefficient (Wildman–Crippen LogP) is 3.20. The van der Waals surface area contributed by atoms with Crippen molar-refractivity contribution >= 4 is 11.3 Å². The summed E-state index contributed by atoms with van der Waals surface area (Å²) in [5.41, 5.74) is 0. The van der Waals surface area contributed by atoms with E-state index in [1.165, 1.54) is 0 Å². The fraction of sp³-hybridized carbons (Fsp3) is 0.500. The number of hydrogen-bond acceptors (Lipinski definition) is 5. The highest BCUT2D eigenvalue weighted by atomic mass is 32.1. The van der Waals surface area contributed by atoms with Gasteiger partial charge in [0.15, 0.2) is 0 Å². The van der Waals surface area contributed by atoms with E-state index in [0.717, 1.165) is 17.8 Å². The number of nitrogens with zero attached hydrogens (tertiary/aromatic N) is 3. The van der Waals surface area contributed by atoms with Gasteiger partial charge in [-0.3, -0.25) is 4.90 Å². The number of aromatic nitrogens is 2. The fourth-order valence-corrected chi connectivity index (χ4v) is 2.28. The molecule has 0 N–H and O–H groups in total. The van der Waals surface area contributed by atoms with Crippen molar-refractivity contribution < 1.29 is 4.42 Å². The SMILES string of the molecule is CCCN(C)[C@H](C)c1nnc(-c2cccs2)o1. The Morgan fingerprint density at radius 2 is 2.29 bits per heavy atom. The summed E-state index contributed by atoms with van der Waals surface area (Å²) in [6.07, 6.45) is 1.12. The zero-order chi connectivity index (χ0) is 12.3. The molecule has 0 saturated carbocycles. The molecule has 2 aromatic rings. The summed E-state index contributed by atoms with van der Waals surface area (Å²) < 4.78 is 5.70. The Kier molecular flexibility index (Phi) is 3.91. The summed E-state index contributed by atoms with van der Waals surface area (Å²) in [5, 5.41) is 10.2. The van der Waals surface area contributed by atoms with Gasteiger partial charge in [-0.25, -0.2) is 0 Å². The van der Waals surface area contributed by atoms with Crippen LogP contribution in [0.3, 0.4) is 0 Å². The third kappa shape index (κ3) is 2.73. The van der Waals surface area contributed by atoms with E-state index in [2.05, 4.69) is 36.0 Å². The molecule has 2 aromatic heterocycles. The Labute approximate surface area is 105 Å². The van der Waals surface area contributed by atoms with Crippen LogP contribution in [0, 0.1) is 0 Å². The molecule has 4 nitrogen and oxygen atoms in total. The lowest BCUT2D eigenvalue weighted by Gasteiger charge is -2.20. The molecule has 0 saturated heterocycles. The Morgan fingerprint density at radius 1 is 1.47 bits per heavy atom. The minimum absolute atomic E-state index is 0.163. The minimum atomic E-state index is 0.163. The van der Waals surface area contributed by atoms with Gasteiger partial charge in [0.2, 0.25) is 5.89 Å². The van der Waals surface area contributed by atoms with Crippen LogP contribution in [-0.4, -0.2) is 28.7 Å². The van der Waals surface area contributed by atoms with Gasteiger partial charge in [0.1, 0.15) is 0 Å². The highest BCUT2D eigenvalue weighted by Crippen LogP contribution is 2.26. The molecule has 0 aliphatic carbocycles. The second-order valence-electron chi connectivity index (χ2n) is 4.08. The molecule has 0 amide bonds.